The summed E-state index contributed by atoms with van der Waals surface area (Å²) < 4.78 is 13.5. The van der Waals surface area contributed by atoms with Crippen LogP contribution in [0.3, 0.4) is 0 Å². The third-order valence-electron chi connectivity index (χ3n) is 2.45. The largest absolute Gasteiger partial charge is 0.347 e. The summed E-state index contributed by atoms with van der Waals surface area (Å²) in [6, 6.07) is 3.90. The molecule has 0 atom stereocenters. The molecule has 18 heavy (non-hydrogen) atoms. The van der Waals surface area contributed by atoms with Crippen molar-refractivity contribution in [3.63, 3.8) is 0 Å². The van der Waals surface area contributed by atoms with Crippen molar-refractivity contribution >= 4 is 17.5 Å². The van der Waals surface area contributed by atoms with Gasteiger partial charge in [0.15, 0.2) is 0 Å². The van der Waals surface area contributed by atoms with E-state index >= 15 is 0 Å². The first kappa shape index (κ1) is 12.6. The molecule has 6 heteroatoms. The first-order chi connectivity index (χ1) is 8.58. The molecule has 0 aliphatic rings. The van der Waals surface area contributed by atoms with Crippen molar-refractivity contribution in [2.75, 3.05) is 7.05 Å². The van der Waals surface area contributed by atoms with Crippen molar-refractivity contribution in [1.29, 1.82) is 0 Å². The van der Waals surface area contributed by atoms with Gasteiger partial charge >= 0.3 is 0 Å². The van der Waals surface area contributed by atoms with Crippen LogP contribution in [0.15, 0.2) is 30.6 Å². The minimum absolute atomic E-state index is 0.0449. The van der Waals surface area contributed by atoms with Crippen LogP contribution < -0.4 is 0 Å². The van der Waals surface area contributed by atoms with Gasteiger partial charge in [0.2, 0.25) is 0 Å². The second-order valence-electron chi connectivity index (χ2n) is 3.82. The minimum atomic E-state index is -0.587. The number of halogens is 2. The van der Waals surface area contributed by atoms with Crippen LogP contribution in [0.25, 0.3) is 0 Å². The van der Waals surface area contributed by atoms with Crippen molar-refractivity contribution in [1.82, 2.24) is 14.9 Å². The molecule has 1 amide bonds. The van der Waals surface area contributed by atoms with E-state index in [-0.39, 0.29) is 12.1 Å². The van der Waals surface area contributed by atoms with E-state index in [1.54, 1.807) is 19.4 Å². The van der Waals surface area contributed by atoms with Gasteiger partial charge in [-0.25, -0.2) is 9.37 Å². The molecule has 0 aliphatic heterocycles. The van der Waals surface area contributed by atoms with Crippen LogP contribution in [-0.4, -0.2) is 27.8 Å². The van der Waals surface area contributed by atoms with Crippen molar-refractivity contribution < 1.29 is 9.18 Å². The van der Waals surface area contributed by atoms with Gasteiger partial charge in [-0.2, -0.15) is 0 Å². The number of hydrogen-bond donors (Lipinski definition) is 1. The fourth-order valence-electron chi connectivity index (χ4n) is 1.55. The Hall–Kier alpha value is -1.88. The number of benzene rings is 1. The smallest absolute Gasteiger partial charge is 0.257 e. The fraction of sp³-hybridized carbons (Fsp3) is 0.167. The lowest BCUT2D eigenvalue weighted by Crippen LogP contribution is -2.27. The van der Waals surface area contributed by atoms with Gasteiger partial charge in [-0.3, -0.25) is 4.79 Å². The molecular weight excluding hydrogens is 257 g/mol. The summed E-state index contributed by atoms with van der Waals surface area (Å²) >= 11 is 5.75. The van der Waals surface area contributed by atoms with Crippen molar-refractivity contribution in [2.45, 2.75) is 6.54 Å². The van der Waals surface area contributed by atoms with E-state index in [4.69, 9.17) is 11.6 Å². The first-order valence-electron chi connectivity index (χ1n) is 5.26. The van der Waals surface area contributed by atoms with Crippen LogP contribution in [0.4, 0.5) is 4.39 Å². The van der Waals surface area contributed by atoms with Crippen LogP contribution in [-0.2, 0) is 6.54 Å². The predicted octanol–water partition coefficient (Wildman–Crippen LogP) is 2.47. The van der Waals surface area contributed by atoms with E-state index in [1.807, 2.05) is 0 Å². The highest BCUT2D eigenvalue weighted by Crippen LogP contribution is 2.16. The highest BCUT2D eigenvalue weighted by atomic mass is 35.5. The molecule has 1 aromatic carbocycles. The summed E-state index contributed by atoms with van der Waals surface area (Å²) in [4.78, 5) is 20.3. The van der Waals surface area contributed by atoms with Gasteiger partial charge in [0, 0.05) is 24.5 Å². The van der Waals surface area contributed by atoms with E-state index in [1.165, 1.54) is 23.1 Å². The summed E-state index contributed by atoms with van der Waals surface area (Å²) in [5.41, 5.74) is -0.0449. The van der Waals surface area contributed by atoms with Crippen LogP contribution in [0.2, 0.25) is 5.02 Å². The van der Waals surface area contributed by atoms with E-state index in [9.17, 15) is 9.18 Å². The molecule has 0 saturated heterocycles. The Morgan fingerprint density at radius 2 is 2.33 bits per heavy atom. The van der Waals surface area contributed by atoms with Crippen LogP contribution in [0.1, 0.15) is 16.2 Å². The summed E-state index contributed by atoms with van der Waals surface area (Å²) in [6.07, 6.45) is 3.25. The van der Waals surface area contributed by atoms with Gasteiger partial charge in [-0.05, 0) is 18.2 Å². The molecule has 94 valence electrons. The van der Waals surface area contributed by atoms with Gasteiger partial charge in [0.05, 0.1) is 12.1 Å². The number of carbonyl (C=O) groups excluding carboxylic acids is 1. The lowest BCUT2D eigenvalue weighted by molar-refractivity contribution is 0.0777. The van der Waals surface area contributed by atoms with E-state index in [0.717, 1.165) is 0 Å². The van der Waals surface area contributed by atoms with Gasteiger partial charge in [0.1, 0.15) is 11.6 Å². The number of imidazole rings is 1. The number of aromatic nitrogens is 2. The second-order valence-corrected chi connectivity index (χ2v) is 4.26. The molecule has 1 heterocycles. The van der Waals surface area contributed by atoms with Gasteiger partial charge in [-0.15, -0.1) is 0 Å². The zero-order valence-electron chi connectivity index (χ0n) is 9.65. The zero-order chi connectivity index (χ0) is 13.1. The average molecular weight is 268 g/mol. The van der Waals surface area contributed by atoms with Crippen molar-refractivity contribution in [2.24, 2.45) is 0 Å². The van der Waals surface area contributed by atoms with E-state index in [0.29, 0.717) is 10.8 Å². The van der Waals surface area contributed by atoms with E-state index in [2.05, 4.69) is 9.97 Å². The van der Waals surface area contributed by atoms with Gasteiger partial charge < -0.3 is 9.88 Å². The Balaban J connectivity index is 2.17. The maximum Gasteiger partial charge on any atom is 0.257 e. The third-order valence-corrected chi connectivity index (χ3v) is 2.68. The van der Waals surface area contributed by atoms with Crippen LogP contribution in [0, 0.1) is 5.82 Å². The molecule has 4 nitrogen and oxygen atoms in total. The molecule has 2 aromatic rings. The molecule has 1 N–H and O–H groups in total. The summed E-state index contributed by atoms with van der Waals surface area (Å²) in [7, 11) is 1.57. The number of amides is 1. The maximum atomic E-state index is 13.5. The standard InChI is InChI=1S/C12H11ClFN3O/c1-17(7-11-15-4-5-16-11)12(18)9-6-8(13)2-3-10(9)14/h2-6H,7H2,1H3,(H,15,16). The number of H-pyrrole nitrogens is 1. The highest BCUT2D eigenvalue weighted by Gasteiger charge is 2.17. The molecular formula is C12H11ClFN3O. The Bertz CT molecular complexity index is 556. The monoisotopic (exact) mass is 267 g/mol. The molecule has 0 bridgehead atoms. The highest BCUT2D eigenvalue weighted by molar-refractivity contribution is 6.30. The lowest BCUT2D eigenvalue weighted by atomic mass is 10.2. The summed E-state index contributed by atoms with van der Waals surface area (Å²) in [5.74, 6) is -0.393. The fourth-order valence-corrected chi connectivity index (χ4v) is 1.72. The van der Waals surface area contributed by atoms with Crippen molar-refractivity contribution in [3.05, 3.63) is 52.8 Å². The molecule has 0 aliphatic carbocycles. The second kappa shape index (κ2) is 5.18. The summed E-state index contributed by atoms with van der Waals surface area (Å²) in [6.45, 7) is 0.276. The van der Waals surface area contributed by atoms with Gasteiger partial charge in [-0.1, -0.05) is 11.6 Å². The van der Waals surface area contributed by atoms with Crippen LogP contribution in [0.5, 0.6) is 0 Å². The maximum absolute atomic E-state index is 13.5. The normalized spacial score (nSPS) is 10.4. The summed E-state index contributed by atoms with van der Waals surface area (Å²) in [5, 5.41) is 0.325. The number of rotatable bonds is 3. The minimum Gasteiger partial charge on any atom is -0.347 e. The number of nitrogens with one attached hydrogen (secondary N) is 1. The topological polar surface area (TPSA) is 49.0 Å². The molecule has 0 spiro atoms. The Labute approximate surface area is 108 Å². The predicted molar refractivity (Wildman–Crippen MR) is 65.8 cm³/mol. The number of hydrogen-bond acceptors (Lipinski definition) is 2. The van der Waals surface area contributed by atoms with Crippen LogP contribution >= 0.6 is 11.6 Å². The molecule has 2 rings (SSSR count). The molecule has 1 aromatic heterocycles. The first-order valence-corrected chi connectivity index (χ1v) is 5.64. The van der Waals surface area contributed by atoms with E-state index < -0.39 is 11.7 Å². The quantitative estimate of drug-likeness (QED) is 0.929. The molecule has 0 radical (unpaired) electrons. The zero-order valence-corrected chi connectivity index (χ0v) is 10.4. The number of carbonyl (C=O) groups is 1. The Kier molecular flexibility index (Phi) is 3.62. The Morgan fingerprint density at radius 3 is 3.00 bits per heavy atom. The Morgan fingerprint density at radius 1 is 1.56 bits per heavy atom. The SMILES string of the molecule is CN(Cc1ncc[nH]1)C(=O)c1cc(Cl)ccc1F. The molecule has 0 unspecified atom stereocenters. The molecule has 0 saturated carbocycles. The molecule has 0 fully saturated rings. The van der Waals surface area contributed by atoms with Gasteiger partial charge in [0.25, 0.3) is 5.91 Å². The third kappa shape index (κ3) is 2.68. The van der Waals surface area contributed by atoms with Crippen molar-refractivity contribution in [3.8, 4) is 0 Å². The number of nitrogens with zero attached hydrogens (tertiary/aromatic N) is 2. The lowest BCUT2D eigenvalue weighted by Gasteiger charge is -2.16. The average Bonchev–Trinajstić information content (AvgIpc) is 2.84. The number of aromatic amines is 1.